The summed E-state index contributed by atoms with van der Waals surface area (Å²) in [6.07, 6.45) is 1.61. The van der Waals surface area contributed by atoms with E-state index in [0.29, 0.717) is 0 Å². The second-order valence-corrected chi connectivity index (χ2v) is 7.24. The van der Waals surface area contributed by atoms with Crippen LogP contribution in [0.3, 0.4) is 0 Å². The third kappa shape index (κ3) is 4.11. The lowest BCUT2D eigenvalue weighted by Crippen LogP contribution is -2.24. The van der Waals surface area contributed by atoms with Crippen LogP contribution in [0.5, 0.6) is 0 Å². The predicted octanol–water partition coefficient (Wildman–Crippen LogP) is 5.69. The summed E-state index contributed by atoms with van der Waals surface area (Å²) >= 11 is 0. The Hall–Kier alpha value is -3.01. The molecule has 0 saturated heterocycles. The molecule has 0 unspecified atom stereocenters. The van der Waals surface area contributed by atoms with Gasteiger partial charge in [-0.05, 0) is 54.3 Å². The predicted molar refractivity (Wildman–Crippen MR) is 108 cm³/mol. The van der Waals surface area contributed by atoms with Gasteiger partial charge in [0.1, 0.15) is 17.7 Å². The highest BCUT2D eigenvalue weighted by Crippen LogP contribution is 2.37. The van der Waals surface area contributed by atoms with E-state index in [1.165, 1.54) is 35.4 Å². The Labute approximate surface area is 164 Å². The van der Waals surface area contributed by atoms with Gasteiger partial charge < -0.3 is 5.32 Å². The molecular formula is C24H22F2N2. The minimum Gasteiger partial charge on any atom is -0.364 e. The van der Waals surface area contributed by atoms with Gasteiger partial charge in [0.05, 0.1) is 11.9 Å². The van der Waals surface area contributed by atoms with Crippen molar-refractivity contribution in [3.05, 3.63) is 107 Å². The van der Waals surface area contributed by atoms with Gasteiger partial charge >= 0.3 is 0 Å². The number of benzene rings is 3. The minimum atomic E-state index is -0.293. The van der Waals surface area contributed by atoms with Crippen molar-refractivity contribution in [2.45, 2.75) is 31.8 Å². The van der Waals surface area contributed by atoms with Crippen LogP contribution < -0.4 is 5.32 Å². The van der Waals surface area contributed by atoms with Gasteiger partial charge in [-0.3, -0.25) is 4.99 Å². The van der Waals surface area contributed by atoms with Crippen molar-refractivity contribution < 1.29 is 8.78 Å². The Morgan fingerprint density at radius 2 is 1.46 bits per heavy atom. The van der Waals surface area contributed by atoms with Crippen molar-refractivity contribution in [2.75, 3.05) is 0 Å². The van der Waals surface area contributed by atoms with Crippen molar-refractivity contribution in [3.63, 3.8) is 0 Å². The molecule has 4 rings (SSSR count). The van der Waals surface area contributed by atoms with Gasteiger partial charge in [0.2, 0.25) is 0 Å². The lowest BCUT2D eigenvalue weighted by molar-refractivity contribution is 0.555. The molecule has 0 spiro atoms. The summed E-state index contributed by atoms with van der Waals surface area (Å²) in [5.74, 6) is 0.285. The molecule has 4 heteroatoms. The Balaban J connectivity index is 1.59. The Morgan fingerprint density at radius 1 is 0.821 bits per heavy atom. The summed E-state index contributed by atoms with van der Waals surface area (Å²) in [5, 5.41) is 3.45. The number of nitrogens with zero attached hydrogens (tertiary/aromatic N) is 1. The highest BCUT2D eigenvalue weighted by molar-refractivity contribution is 5.85. The van der Waals surface area contributed by atoms with Crippen LogP contribution in [0.4, 0.5) is 8.78 Å². The molecule has 1 aliphatic heterocycles. The normalized spacial score (nSPS) is 18.6. The van der Waals surface area contributed by atoms with E-state index < -0.39 is 0 Å². The Morgan fingerprint density at radius 3 is 2.14 bits per heavy atom. The number of amidine groups is 1. The van der Waals surface area contributed by atoms with Crippen LogP contribution in [0.25, 0.3) is 0 Å². The second kappa shape index (κ2) is 7.93. The monoisotopic (exact) mass is 376 g/mol. The lowest BCUT2D eigenvalue weighted by atomic mass is 9.95. The van der Waals surface area contributed by atoms with Gasteiger partial charge in [0.15, 0.2) is 0 Å². The van der Waals surface area contributed by atoms with Crippen LogP contribution in [-0.2, 0) is 6.42 Å². The average molecular weight is 376 g/mol. The number of rotatable bonds is 5. The van der Waals surface area contributed by atoms with Gasteiger partial charge in [-0.2, -0.15) is 0 Å². The molecule has 0 aliphatic carbocycles. The maximum Gasteiger partial charge on any atom is 0.123 e. The first-order valence-electron chi connectivity index (χ1n) is 9.48. The minimum absolute atomic E-state index is 0.217. The fourth-order valence-corrected chi connectivity index (χ4v) is 3.62. The first-order valence-corrected chi connectivity index (χ1v) is 9.48. The van der Waals surface area contributed by atoms with E-state index in [1.807, 2.05) is 12.1 Å². The zero-order chi connectivity index (χ0) is 19.5. The summed E-state index contributed by atoms with van der Waals surface area (Å²) < 4.78 is 27.6. The van der Waals surface area contributed by atoms with Crippen LogP contribution in [0, 0.1) is 18.6 Å². The standard InChI is InChI=1S/C24H22F2N2/c1-16-8-10-17(11-9-16)12-13-22-27-23(18-4-2-6-20(25)14-18)24(28-22)19-5-3-7-21(26)15-19/h2-11,14-15,23-24H,12-13H2,1H3,(H,27,28)/t23-,24+. The number of hydrogen-bond acceptors (Lipinski definition) is 2. The number of hydrogen-bond donors (Lipinski definition) is 1. The molecule has 2 atom stereocenters. The second-order valence-electron chi connectivity index (χ2n) is 7.24. The van der Waals surface area contributed by atoms with E-state index in [4.69, 9.17) is 4.99 Å². The van der Waals surface area contributed by atoms with Crippen molar-refractivity contribution >= 4 is 5.84 Å². The van der Waals surface area contributed by atoms with Crippen LogP contribution in [0.2, 0.25) is 0 Å². The molecule has 2 nitrogen and oxygen atoms in total. The molecule has 0 bridgehead atoms. The topological polar surface area (TPSA) is 24.4 Å². The molecular weight excluding hydrogens is 354 g/mol. The molecule has 28 heavy (non-hydrogen) atoms. The van der Waals surface area contributed by atoms with E-state index in [2.05, 4.69) is 36.5 Å². The molecule has 142 valence electrons. The largest absolute Gasteiger partial charge is 0.364 e. The third-order valence-electron chi connectivity index (χ3n) is 5.10. The first-order chi connectivity index (χ1) is 13.6. The third-order valence-corrected chi connectivity index (χ3v) is 5.10. The van der Waals surface area contributed by atoms with E-state index in [9.17, 15) is 8.78 Å². The zero-order valence-electron chi connectivity index (χ0n) is 15.7. The van der Waals surface area contributed by atoms with Crippen LogP contribution in [-0.4, -0.2) is 5.84 Å². The summed E-state index contributed by atoms with van der Waals surface area (Å²) in [7, 11) is 0. The lowest BCUT2D eigenvalue weighted by Gasteiger charge is -2.20. The molecule has 1 heterocycles. The van der Waals surface area contributed by atoms with Crippen molar-refractivity contribution in [3.8, 4) is 0 Å². The van der Waals surface area contributed by atoms with Gasteiger partial charge in [0, 0.05) is 6.42 Å². The Kier molecular flexibility index (Phi) is 5.20. The summed E-state index contributed by atoms with van der Waals surface area (Å²) in [4.78, 5) is 4.84. The molecule has 0 saturated carbocycles. The maximum atomic E-state index is 13.8. The van der Waals surface area contributed by atoms with Crippen molar-refractivity contribution in [1.82, 2.24) is 5.32 Å². The fraction of sp³-hybridized carbons (Fsp3) is 0.208. The highest BCUT2D eigenvalue weighted by Gasteiger charge is 2.31. The van der Waals surface area contributed by atoms with Gasteiger partial charge in [-0.15, -0.1) is 0 Å². The fourth-order valence-electron chi connectivity index (χ4n) is 3.62. The molecule has 0 amide bonds. The average Bonchev–Trinajstić information content (AvgIpc) is 3.12. The van der Waals surface area contributed by atoms with Crippen molar-refractivity contribution in [2.24, 2.45) is 4.99 Å². The molecule has 1 aliphatic rings. The number of aryl methyl sites for hydroxylation is 2. The maximum absolute atomic E-state index is 13.8. The number of halogens is 2. The van der Waals surface area contributed by atoms with Crippen LogP contribution >= 0.6 is 0 Å². The van der Waals surface area contributed by atoms with E-state index in [1.54, 1.807) is 12.1 Å². The quantitative estimate of drug-likeness (QED) is 0.608. The van der Waals surface area contributed by atoms with E-state index in [0.717, 1.165) is 29.8 Å². The molecule has 3 aromatic carbocycles. The molecule has 0 radical (unpaired) electrons. The molecule has 0 aromatic heterocycles. The van der Waals surface area contributed by atoms with Crippen LogP contribution in [0.15, 0.2) is 77.8 Å². The number of aliphatic imine (C=N–C) groups is 1. The van der Waals surface area contributed by atoms with E-state index in [-0.39, 0.29) is 23.7 Å². The zero-order valence-corrected chi connectivity index (χ0v) is 15.7. The van der Waals surface area contributed by atoms with Crippen LogP contribution in [0.1, 0.15) is 40.8 Å². The smallest absolute Gasteiger partial charge is 0.123 e. The Bertz CT molecular complexity index is 995. The highest BCUT2D eigenvalue weighted by atomic mass is 19.1. The van der Waals surface area contributed by atoms with E-state index >= 15 is 0 Å². The summed E-state index contributed by atoms with van der Waals surface area (Å²) in [6, 6.07) is 20.9. The first kappa shape index (κ1) is 18.4. The molecule has 1 N–H and O–H groups in total. The molecule has 0 fully saturated rings. The summed E-state index contributed by atoms with van der Waals surface area (Å²) in [5.41, 5.74) is 4.07. The van der Waals surface area contributed by atoms with Gasteiger partial charge in [0.25, 0.3) is 0 Å². The van der Waals surface area contributed by atoms with Gasteiger partial charge in [-0.25, -0.2) is 8.78 Å². The molecule has 3 aromatic rings. The SMILES string of the molecule is Cc1ccc(CCC2=N[C@@H](c3cccc(F)c3)[C@@H](c3cccc(F)c3)N2)cc1. The number of nitrogens with one attached hydrogen (secondary N) is 1. The van der Waals surface area contributed by atoms with Gasteiger partial charge in [-0.1, -0.05) is 54.1 Å². The van der Waals surface area contributed by atoms with Crippen molar-refractivity contribution in [1.29, 1.82) is 0 Å². The summed E-state index contributed by atoms with van der Waals surface area (Å²) in [6.45, 7) is 2.07.